The van der Waals surface area contributed by atoms with Crippen molar-refractivity contribution in [3.63, 3.8) is 0 Å². The molecule has 0 aromatic heterocycles. The second kappa shape index (κ2) is 6.74. The van der Waals surface area contributed by atoms with Gasteiger partial charge in [0, 0.05) is 11.6 Å². The number of benzene rings is 2. The molecule has 0 bridgehead atoms. The number of esters is 1. The highest BCUT2D eigenvalue weighted by atomic mass is 16.5. The summed E-state index contributed by atoms with van der Waals surface area (Å²) in [5, 5.41) is 12.7. The molecule has 0 radical (unpaired) electrons. The van der Waals surface area contributed by atoms with Crippen molar-refractivity contribution in [2.24, 2.45) is 0 Å². The Balaban J connectivity index is 1.84. The molecule has 5 heteroatoms. The van der Waals surface area contributed by atoms with Crippen LogP contribution in [0.4, 0.5) is 0 Å². The number of phenols is 1. The van der Waals surface area contributed by atoms with Gasteiger partial charge in [-0.2, -0.15) is 0 Å². The maximum Gasteiger partial charge on any atom is 0.343 e. The Hall–Kier alpha value is -2.82. The summed E-state index contributed by atoms with van der Waals surface area (Å²) in [5.41, 5.74) is 1.46. The van der Waals surface area contributed by atoms with E-state index in [2.05, 4.69) is 5.32 Å². The number of nitrogens with one attached hydrogen (secondary N) is 1. The van der Waals surface area contributed by atoms with Crippen LogP contribution in [-0.4, -0.2) is 23.0 Å². The van der Waals surface area contributed by atoms with E-state index in [1.54, 1.807) is 36.4 Å². The zero-order valence-electron chi connectivity index (χ0n) is 13.4. The second-order valence-corrected chi connectivity index (χ2v) is 6.00. The molecule has 24 heavy (non-hydrogen) atoms. The van der Waals surface area contributed by atoms with E-state index in [9.17, 15) is 14.7 Å². The molecule has 1 aliphatic rings. The van der Waals surface area contributed by atoms with E-state index in [1.807, 2.05) is 13.0 Å². The van der Waals surface area contributed by atoms with Gasteiger partial charge in [0.25, 0.3) is 5.91 Å². The van der Waals surface area contributed by atoms with Crippen molar-refractivity contribution in [1.29, 1.82) is 0 Å². The SMILES string of the molecule is Cc1ccc(O)c(C(=O)OC(C(=O)NC2CC2)c2ccccc2)c1. The van der Waals surface area contributed by atoms with Crippen LogP contribution in [0, 0.1) is 6.92 Å². The molecule has 0 saturated heterocycles. The van der Waals surface area contributed by atoms with E-state index < -0.39 is 12.1 Å². The highest BCUT2D eigenvalue weighted by molar-refractivity contribution is 5.95. The predicted molar refractivity (Wildman–Crippen MR) is 88.6 cm³/mol. The van der Waals surface area contributed by atoms with Crippen molar-refractivity contribution in [2.75, 3.05) is 0 Å². The Morgan fingerprint density at radius 3 is 2.54 bits per heavy atom. The average molecular weight is 325 g/mol. The quantitative estimate of drug-likeness (QED) is 0.829. The van der Waals surface area contributed by atoms with Gasteiger partial charge in [0.2, 0.25) is 6.10 Å². The first-order valence-corrected chi connectivity index (χ1v) is 7.90. The van der Waals surface area contributed by atoms with Gasteiger partial charge in [-0.1, -0.05) is 42.0 Å². The van der Waals surface area contributed by atoms with Crippen LogP contribution in [0.1, 0.15) is 40.4 Å². The van der Waals surface area contributed by atoms with Crippen LogP contribution in [0.5, 0.6) is 5.75 Å². The Morgan fingerprint density at radius 1 is 1.17 bits per heavy atom. The van der Waals surface area contributed by atoms with Gasteiger partial charge in [-0.25, -0.2) is 4.79 Å². The smallest absolute Gasteiger partial charge is 0.343 e. The van der Waals surface area contributed by atoms with Gasteiger partial charge in [-0.05, 0) is 31.9 Å². The fourth-order valence-electron chi connectivity index (χ4n) is 2.39. The molecule has 0 aliphatic heterocycles. The lowest BCUT2D eigenvalue weighted by molar-refractivity contribution is -0.130. The minimum absolute atomic E-state index is 0.0511. The maximum absolute atomic E-state index is 12.5. The zero-order chi connectivity index (χ0) is 17.1. The highest BCUT2D eigenvalue weighted by Crippen LogP contribution is 2.26. The third-order valence-corrected chi connectivity index (χ3v) is 3.86. The lowest BCUT2D eigenvalue weighted by atomic mass is 10.1. The molecule has 1 atom stereocenters. The van der Waals surface area contributed by atoms with E-state index in [0.29, 0.717) is 5.56 Å². The third-order valence-electron chi connectivity index (χ3n) is 3.86. The van der Waals surface area contributed by atoms with Gasteiger partial charge in [-0.3, -0.25) is 4.79 Å². The van der Waals surface area contributed by atoms with Crippen molar-refractivity contribution in [2.45, 2.75) is 31.9 Å². The number of hydrogen-bond donors (Lipinski definition) is 2. The predicted octanol–water partition coefficient (Wildman–Crippen LogP) is 2.88. The lowest BCUT2D eigenvalue weighted by Gasteiger charge is -2.18. The summed E-state index contributed by atoms with van der Waals surface area (Å²) >= 11 is 0. The number of phenolic OH excluding ortho intramolecular Hbond substituents is 1. The minimum atomic E-state index is -1.04. The number of aryl methyl sites for hydroxylation is 1. The van der Waals surface area contributed by atoms with Crippen molar-refractivity contribution in [1.82, 2.24) is 5.32 Å². The first-order valence-electron chi connectivity index (χ1n) is 7.90. The van der Waals surface area contributed by atoms with Crippen molar-refractivity contribution in [3.05, 3.63) is 65.2 Å². The van der Waals surface area contributed by atoms with Crippen molar-refractivity contribution < 1.29 is 19.4 Å². The zero-order valence-corrected chi connectivity index (χ0v) is 13.4. The molecule has 1 amide bonds. The van der Waals surface area contributed by atoms with E-state index in [1.165, 1.54) is 6.07 Å². The van der Waals surface area contributed by atoms with Crippen LogP contribution >= 0.6 is 0 Å². The summed E-state index contributed by atoms with van der Waals surface area (Å²) < 4.78 is 5.44. The van der Waals surface area contributed by atoms with Gasteiger partial charge in [0.15, 0.2) is 0 Å². The van der Waals surface area contributed by atoms with E-state index in [-0.39, 0.29) is 23.3 Å². The fraction of sp³-hybridized carbons (Fsp3) is 0.263. The van der Waals surface area contributed by atoms with Crippen molar-refractivity contribution >= 4 is 11.9 Å². The Kier molecular flexibility index (Phi) is 4.51. The van der Waals surface area contributed by atoms with Gasteiger partial charge in [-0.15, -0.1) is 0 Å². The standard InChI is InChI=1S/C19H19NO4/c1-12-7-10-16(21)15(11-12)19(23)24-17(13-5-3-2-4-6-13)18(22)20-14-8-9-14/h2-7,10-11,14,17,21H,8-9H2,1H3,(H,20,22). The molecular formula is C19H19NO4. The van der Waals surface area contributed by atoms with Crippen molar-refractivity contribution in [3.8, 4) is 5.75 Å². The number of hydrogen-bond acceptors (Lipinski definition) is 4. The molecule has 2 aromatic carbocycles. The van der Waals surface area contributed by atoms with Crippen LogP contribution in [0.15, 0.2) is 48.5 Å². The number of aromatic hydroxyl groups is 1. The van der Waals surface area contributed by atoms with Crippen LogP contribution < -0.4 is 5.32 Å². The molecule has 0 heterocycles. The maximum atomic E-state index is 12.5. The summed E-state index contributed by atoms with van der Waals surface area (Å²) in [5.74, 6) is -1.24. The summed E-state index contributed by atoms with van der Waals surface area (Å²) in [6, 6.07) is 13.7. The second-order valence-electron chi connectivity index (χ2n) is 6.00. The molecule has 124 valence electrons. The normalized spacial score (nSPS) is 14.7. The van der Waals surface area contributed by atoms with E-state index in [4.69, 9.17) is 4.74 Å². The lowest BCUT2D eigenvalue weighted by Crippen LogP contribution is -2.33. The Labute approximate surface area is 140 Å². The molecule has 3 rings (SSSR count). The third kappa shape index (κ3) is 3.74. The topological polar surface area (TPSA) is 75.6 Å². The highest BCUT2D eigenvalue weighted by Gasteiger charge is 2.31. The number of amides is 1. The average Bonchev–Trinajstić information content (AvgIpc) is 3.39. The molecule has 5 nitrogen and oxygen atoms in total. The largest absolute Gasteiger partial charge is 0.507 e. The number of ether oxygens (including phenoxy) is 1. The van der Waals surface area contributed by atoms with E-state index in [0.717, 1.165) is 18.4 Å². The van der Waals surface area contributed by atoms with Crippen LogP contribution in [0.2, 0.25) is 0 Å². The first kappa shape index (κ1) is 16.1. The molecular weight excluding hydrogens is 306 g/mol. The van der Waals surface area contributed by atoms with Crippen LogP contribution in [0.25, 0.3) is 0 Å². The number of carbonyl (C=O) groups is 2. The summed E-state index contributed by atoms with van der Waals surface area (Å²) in [6.07, 6.45) is 0.846. The van der Waals surface area contributed by atoms with Crippen LogP contribution in [0.3, 0.4) is 0 Å². The summed E-state index contributed by atoms with van der Waals surface area (Å²) in [7, 11) is 0. The Morgan fingerprint density at radius 2 is 1.88 bits per heavy atom. The number of carbonyl (C=O) groups excluding carboxylic acids is 2. The van der Waals surface area contributed by atoms with E-state index >= 15 is 0 Å². The van der Waals surface area contributed by atoms with Gasteiger partial charge < -0.3 is 15.2 Å². The first-order chi connectivity index (χ1) is 11.5. The van der Waals surface area contributed by atoms with Gasteiger partial charge in [0.05, 0.1) is 0 Å². The summed E-state index contributed by atoms with van der Waals surface area (Å²) in [4.78, 5) is 24.9. The Bertz CT molecular complexity index is 753. The minimum Gasteiger partial charge on any atom is -0.507 e. The number of rotatable bonds is 5. The molecule has 1 fully saturated rings. The van der Waals surface area contributed by atoms with Gasteiger partial charge in [0.1, 0.15) is 11.3 Å². The monoisotopic (exact) mass is 325 g/mol. The molecule has 1 aliphatic carbocycles. The molecule has 1 unspecified atom stereocenters. The van der Waals surface area contributed by atoms with Gasteiger partial charge >= 0.3 is 5.97 Å². The molecule has 2 N–H and O–H groups in total. The molecule has 0 spiro atoms. The summed E-state index contributed by atoms with van der Waals surface area (Å²) in [6.45, 7) is 1.81. The fourth-order valence-corrected chi connectivity index (χ4v) is 2.39. The molecule has 1 saturated carbocycles. The molecule has 2 aromatic rings. The van der Waals surface area contributed by atoms with Crippen LogP contribution in [-0.2, 0) is 9.53 Å².